The molecule has 0 saturated heterocycles. The summed E-state index contributed by atoms with van der Waals surface area (Å²) in [4.78, 5) is 17.0. The number of aromatic amines is 1. The zero-order chi connectivity index (χ0) is 13.2. The lowest BCUT2D eigenvalue weighted by molar-refractivity contribution is 0.112. The molecule has 0 radical (unpaired) electrons. The molecule has 1 fully saturated rings. The van der Waals surface area contributed by atoms with E-state index in [4.69, 9.17) is 0 Å². The molecule has 3 nitrogen and oxygen atoms in total. The molecule has 0 spiro atoms. The van der Waals surface area contributed by atoms with Crippen molar-refractivity contribution in [3.63, 3.8) is 0 Å². The number of anilines is 1. The van der Waals surface area contributed by atoms with Crippen LogP contribution in [0.2, 0.25) is 0 Å². The third-order valence-corrected chi connectivity index (χ3v) is 4.23. The molecule has 19 heavy (non-hydrogen) atoms. The number of nitrogens with one attached hydrogen (secondary N) is 1. The number of benzene rings is 1. The van der Waals surface area contributed by atoms with Gasteiger partial charge in [-0.1, -0.05) is 31.0 Å². The van der Waals surface area contributed by atoms with E-state index in [0.717, 1.165) is 41.0 Å². The van der Waals surface area contributed by atoms with Crippen molar-refractivity contribution in [2.45, 2.75) is 25.7 Å². The van der Waals surface area contributed by atoms with Gasteiger partial charge in [0.05, 0.1) is 5.56 Å². The largest absolute Gasteiger partial charge is 0.360 e. The lowest BCUT2D eigenvalue weighted by Crippen LogP contribution is -2.25. The van der Waals surface area contributed by atoms with Gasteiger partial charge in [0.1, 0.15) is 5.82 Å². The maximum absolute atomic E-state index is 11.4. The van der Waals surface area contributed by atoms with Crippen LogP contribution in [0.5, 0.6) is 0 Å². The molecular weight excluding hydrogens is 236 g/mol. The second-order valence-corrected chi connectivity index (χ2v) is 5.58. The van der Waals surface area contributed by atoms with Gasteiger partial charge < -0.3 is 9.88 Å². The summed E-state index contributed by atoms with van der Waals surface area (Å²) in [6.45, 7) is 1.04. The van der Waals surface area contributed by atoms with Gasteiger partial charge in [-0.3, -0.25) is 4.79 Å². The molecule has 0 aliphatic heterocycles. The summed E-state index contributed by atoms with van der Waals surface area (Å²) >= 11 is 0. The average Bonchev–Trinajstić information content (AvgIpc) is 3.04. The number of carbonyl (C=O) groups is 1. The Kier molecular flexibility index (Phi) is 3.28. The third-order valence-electron chi connectivity index (χ3n) is 4.23. The van der Waals surface area contributed by atoms with Crippen LogP contribution in [-0.4, -0.2) is 24.9 Å². The highest BCUT2D eigenvalue weighted by Crippen LogP contribution is 2.30. The first-order valence-corrected chi connectivity index (χ1v) is 7.06. The van der Waals surface area contributed by atoms with Crippen molar-refractivity contribution in [2.75, 3.05) is 18.5 Å². The zero-order valence-electron chi connectivity index (χ0n) is 11.4. The number of para-hydroxylation sites is 1. The number of hydrogen-bond acceptors (Lipinski definition) is 2. The number of carbonyl (C=O) groups excluding carboxylic acids is 1. The van der Waals surface area contributed by atoms with Gasteiger partial charge in [0.2, 0.25) is 0 Å². The Bertz CT molecular complexity index is 581. The van der Waals surface area contributed by atoms with Gasteiger partial charge in [0.15, 0.2) is 6.29 Å². The standard InChI is InChI=1S/C16H20N2O/c1-18(10-12-6-2-3-7-12)16-14(11-19)13-8-4-5-9-15(13)17-16/h4-5,8-9,11-12,17H,2-3,6-7,10H2,1H3. The molecule has 2 aromatic rings. The molecule has 3 rings (SSSR count). The molecule has 3 heteroatoms. The number of aromatic nitrogens is 1. The summed E-state index contributed by atoms with van der Waals surface area (Å²) in [5.74, 6) is 1.74. The van der Waals surface area contributed by atoms with E-state index in [-0.39, 0.29) is 0 Å². The summed E-state index contributed by atoms with van der Waals surface area (Å²) in [7, 11) is 2.08. The van der Waals surface area contributed by atoms with Crippen molar-refractivity contribution in [2.24, 2.45) is 5.92 Å². The van der Waals surface area contributed by atoms with Crippen LogP contribution in [0.1, 0.15) is 36.0 Å². The second-order valence-electron chi connectivity index (χ2n) is 5.58. The van der Waals surface area contributed by atoms with Crippen LogP contribution in [0.3, 0.4) is 0 Å². The molecule has 0 bridgehead atoms. The Morgan fingerprint density at radius 1 is 1.32 bits per heavy atom. The van der Waals surface area contributed by atoms with Crippen molar-refractivity contribution >= 4 is 23.0 Å². The van der Waals surface area contributed by atoms with Crippen LogP contribution in [0.25, 0.3) is 10.9 Å². The highest BCUT2D eigenvalue weighted by atomic mass is 16.1. The van der Waals surface area contributed by atoms with Crippen molar-refractivity contribution in [1.29, 1.82) is 0 Å². The van der Waals surface area contributed by atoms with Gasteiger partial charge >= 0.3 is 0 Å². The number of H-pyrrole nitrogens is 1. The molecule has 0 atom stereocenters. The van der Waals surface area contributed by atoms with Crippen LogP contribution >= 0.6 is 0 Å². The fraction of sp³-hybridized carbons (Fsp3) is 0.438. The highest BCUT2D eigenvalue weighted by Gasteiger charge is 2.20. The van der Waals surface area contributed by atoms with Crippen molar-refractivity contribution in [3.05, 3.63) is 29.8 Å². The van der Waals surface area contributed by atoms with Crippen molar-refractivity contribution in [1.82, 2.24) is 4.98 Å². The minimum atomic E-state index is 0.774. The minimum Gasteiger partial charge on any atom is -0.360 e. The molecule has 1 aromatic heterocycles. The van der Waals surface area contributed by atoms with E-state index in [0.29, 0.717) is 0 Å². The molecule has 100 valence electrons. The fourth-order valence-electron chi connectivity index (χ4n) is 3.24. The Balaban J connectivity index is 1.92. The Morgan fingerprint density at radius 2 is 2.05 bits per heavy atom. The van der Waals surface area contributed by atoms with Gasteiger partial charge in [-0.05, 0) is 24.8 Å². The van der Waals surface area contributed by atoms with Crippen LogP contribution in [0, 0.1) is 5.92 Å². The molecule has 1 saturated carbocycles. The van der Waals surface area contributed by atoms with E-state index in [1.807, 2.05) is 24.3 Å². The van der Waals surface area contributed by atoms with Crippen LogP contribution < -0.4 is 4.90 Å². The minimum absolute atomic E-state index is 0.774. The fourth-order valence-corrected chi connectivity index (χ4v) is 3.24. The molecule has 0 amide bonds. The number of aldehydes is 1. The Hall–Kier alpha value is -1.77. The maximum Gasteiger partial charge on any atom is 0.154 e. The number of hydrogen-bond donors (Lipinski definition) is 1. The van der Waals surface area contributed by atoms with Gasteiger partial charge in [0, 0.05) is 24.5 Å². The van der Waals surface area contributed by atoms with Gasteiger partial charge in [-0.15, -0.1) is 0 Å². The quantitative estimate of drug-likeness (QED) is 0.848. The Morgan fingerprint density at radius 3 is 2.79 bits per heavy atom. The van der Waals surface area contributed by atoms with Gasteiger partial charge in [0.25, 0.3) is 0 Å². The summed E-state index contributed by atoms with van der Waals surface area (Å²) in [5, 5.41) is 1.02. The molecule has 1 N–H and O–H groups in total. The van der Waals surface area contributed by atoms with Crippen molar-refractivity contribution < 1.29 is 4.79 Å². The highest BCUT2D eigenvalue weighted by molar-refractivity contribution is 6.03. The van der Waals surface area contributed by atoms with Gasteiger partial charge in [-0.25, -0.2) is 0 Å². The van der Waals surface area contributed by atoms with E-state index in [1.165, 1.54) is 25.7 Å². The number of fused-ring (bicyclic) bond motifs is 1. The summed E-state index contributed by atoms with van der Waals surface area (Å²) in [6.07, 6.45) is 6.32. The molecular formula is C16H20N2O. The van der Waals surface area contributed by atoms with Crippen LogP contribution in [0.4, 0.5) is 5.82 Å². The first kappa shape index (κ1) is 12.3. The predicted octanol–water partition coefficient (Wildman–Crippen LogP) is 3.61. The van der Waals surface area contributed by atoms with Crippen LogP contribution in [-0.2, 0) is 0 Å². The lowest BCUT2D eigenvalue weighted by Gasteiger charge is -2.22. The van der Waals surface area contributed by atoms with Crippen molar-refractivity contribution in [3.8, 4) is 0 Å². The number of rotatable bonds is 4. The third kappa shape index (κ3) is 2.25. The second kappa shape index (κ2) is 5.08. The monoisotopic (exact) mass is 256 g/mol. The van der Waals surface area contributed by atoms with E-state index in [2.05, 4.69) is 16.9 Å². The maximum atomic E-state index is 11.4. The van der Waals surface area contributed by atoms with E-state index in [9.17, 15) is 4.79 Å². The van der Waals surface area contributed by atoms with Gasteiger partial charge in [-0.2, -0.15) is 0 Å². The molecule has 1 aliphatic carbocycles. The predicted molar refractivity (Wildman–Crippen MR) is 78.9 cm³/mol. The topological polar surface area (TPSA) is 36.1 Å². The average molecular weight is 256 g/mol. The zero-order valence-corrected chi connectivity index (χ0v) is 11.4. The Labute approximate surface area is 113 Å². The number of nitrogens with zero attached hydrogens (tertiary/aromatic N) is 1. The summed E-state index contributed by atoms with van der Waals surface area (Å²) in [6, 6.07) is 8.00. The van der Waals surface area contributed by atoms with E-state index < -0.39 is 0 Å². The van der Waals surface area contributed by atoms with E-state index in [1.54, 1.807) is 0 Å². The van der Waals surface area contributed by atoms with Crippen LogP contribution in [0.15, 0.2) is 24.3 Å². The first-order valence-electron chi connectivity index (χ1n) is 7.06. The first-order chi connectivity index (χ1) is 9.29. The molecule has 0 unspecified atom stereocenters. The normalized spacial score (nSPS) is 16.1. The molecule has 1 aliphatic rings. The summed E-state index contributed by atoms with van der Waals surface area (Å²) < 4.78 is 0. The smallest absolute Gasteiger partial charge is 0.154 e. The lowest BCUT2D eigenvalue weighted by atomic mass is 10.1. The van der Waals surface area contributed by atoms with E-state index >= 15 is 0 Å². The summed E-state index contributed by atoms with van der Waals surface area (Å²) in [5.41, 5.74) is 1.83. The molecule has 1 heterocycles. The SMILES string of the molecule is CN(CC1CCCC1)c1[nH]c2ccccc2c1C=O. The molecule has 1 aromatic carbocycles.